The largest absolute Gasteiger partial charge is 0.386 e. The summed E-state index contributed by atoms with van der Waals surface area (Å²) in [5.41, 5.74) is 0.0349. The molecule has 4 nitrogen and oxygen atoms in total. The van der Waals surface area contributed by atoms with Crippen molar-refractivity contribution in [2.45, 2.75) is 111 Å². The molecule has 0 aromatic heterocycles. The van der Waals surface area contributed by atoms with E-state index in [-0.39, 0.29) is 5.41 Å². The van der Waals surface area contributed by atoms with E-state index < -0.39 is 6.80 Å². The van der Waals surface area contributed by atoms with Crippen LogP contribution in [0.25, 0.3) is 0 Å². The van der Waals surface area contributed by atoms with Crippen molar-refractivity contribution in [3.8, 4) is 0 Å². The summed E-state index contributed by atoms with van der Waals surface area (Å²) >= 11 is 3.08. The van der Waals surface area contributed by atoms with Gasteiger partial charge in [-0.25, -0.2) is 4.57 Å². The maximum absolute atomic E-state index is 12.3. The van der Waals surface area contributed by atoms with Crippen molar-refractivity contribution in [1.82, 2.24) is 0 Å². The van der Waals surface area contributed by atoms with Crippen molar-refractivity contribution in [3.63, 3.8) is 0 Å². The Bertz CT molecular complexity index is 498. The summed E-state index contributed by atoms with van der Waals surface area (Å²) in [6.45, 7) is 4.14. The molecule has 0 bridgehead atoms. The number of thioether (sulfide) groups is 1. The Balaban J connectivity index is 3.56. The van der Waals surface area contributed by atoms with Gasteiger partial charge in [-0.15, -0.1) is 0 Å². The first-order valence-electron chi connectivity index (χ1n) is 13.5. The van der Waals surface area contributed by atoms with Gasteiger partial charge >= 0.3 is 6.80 Å². The minimum atomic E-state index is -3.55. The van der Waals surface area contributed by atoms with Gasteiger partial charge in [0.1, 0.15) is 13.2 Å². The fourth-order valence-corrected chi connectivity index (χ4v) is 7.84. The zero-order chi connectivity index (χ0) is 25.1. The molecule has 0 aliphatic carbocycles. The Morgan fingerprint density at radius 2 is 1.24 bits per heavy atom. The molecule has 1 unspecified atom stereocenters. The average Bonchev–Trinajstić information content (AvgIpc) is 2.71. The molecular formula is C26H57NO3PS2+. The topological polar surface area (TPSA) is 46.5 Å². The number of hydrogen-bond acceptors (Lipinski definition) is 4. The van der Waals surface area contributed by atoms with Gasteiger partial charge in [0.25, 0.3) is 0 Å². The zero-order valence-corrected chi connectivity index (χ0v) is 25.4. The number of likely N-dealkylation sites (N-methyl/N-ethyl adjacent to an activating group) is 1. The van der Waals surface area contributed by atoms with Crippen LogP contribution in [0.1, 0.15) is 111 Å². The summed E-state index contributed by atoms with van der Waals surface area (Å²) in [5.74, 6) is 2.87. The lowest BCUT2D eigenvalue weighted by Gasteiger charge is -2.26. The van der Waals surface area contributed by atoms with Crippen LogP contribution in [0.3, 0.4) is 0 Å². The predicted molar refractivity (Wildman–Crippen MR) is 153 cm³/mol. The molecule has 200 valence electrons. The van der Waals surface area contributed by atoms with Gasteiger partial charge in [-0.1, -0.05) is 104 Å². The molecule has 0 saturated carbocycles. The molecule has 1 atom stereocenters. The molecule has 0 aliphatic heterocycles. The molecular weight excluding hydrogens is 469 g/mol. The van der Waals surface area contributed by atoms with Crippen LogP contribution in [-0.2, 0) is 9.09 Å². The average molecular weight is 527 g/mol. The second-order valence-electron chi connectivity index (χ2n) is 11.4. The van der Waals surface area contributed by atoms with Crippen LogP contribution in [0.2, 0.25) is 0 Å². The van der Waals surface area contributed by atoms with E-state index in [1.54, 1.807) is 0 Å². The van der Waals surface area contributed by atoms with Crippen LogP contribution in [0.4, 0.5) is 0 Å². The van der Waals surface area contributed by atoms with E-state index in [1.807, 2.05) is 11.8 Å². The standard InChI is InChI=1S/C26H56NO3PS2/c1-7-8-9-10-11-12-13-14-15-16-17-18-19-20-23-32-24-26(2,3)25-33-31(28,29)30-22-21-27(4,5)6/h7-25H2,1-6H3/p+1. The number of hydrogen-bond donors (Lipinski definition) is 1. The van der Waals surface area contributed by atoms with Crippen LogP contribution < -0.4 is 0 Å². The van der Waals surface area contributed by atoms with Crippen LogP contribution in [0.5, 0.6) is 0 Å². The zero-order valence-electron chi connectivity index (χ0n) is 22.9. The van der Waals surface area contributed by atoms with Gasteiger partial charge in [-0.3, -0.25) is 4.52 Å². The van der Waals surface area contributed by atoms with Crippen molar-refractivity contribution < 1.29 is 18.5 Å². The normalized spacial score (nSPS) is 14.5. The highest BCUT2D eigenvalue weighted by molar-refractivity contribution is 8.54. The first-order valence-corrected chi connectivity index (χ1v) is 17.8. The SMILES string of the molecule is CCCCCCCCCCCCCCCCSCC(C)(C)CSP(=O)(O)OCC[N+](C)(C)C. The summed E-state index contributed by atoms with van der Waals surface area (Å²) in [6, 6.07) is 0. The maximum Gasteiger partial charge on any atom is 0.386 e. The third kappa shape index (κ3) is 25.7. The molecule has 0 radical (unpaired) electrons. The Kier molecular flexibility index (Phi) is 20.4. The lowest BCUT2D eigenvalue weighted by Crippen LogP contribution is -2.37. The lowest BCUT2D eigenvalue weighted by molar-refractivity contribution is -0.870. The Hall–Kier alpha value is 0.810. The van der Waals surface area contributed by atoms with Gasteiger partial charge in [0.2, 0.25) is 0 Å². The van der Waals surface area contributed by atoms with Crippen molar-refractivity contribution in [2.24, 2.45) is 5.41 Å². The maximum atomic E-state index is 12.3. The fourth-order valence-electron chi connectivity index (χ4n) is 3.51. The Morgan fingerprint density at radius 1 is 0.788 bits per heavy atom. The highest BCUT2D eigenvalue weighted by atomic mass is 32.7. The summed E-state index contributed by atoms with van der Waals surface area (Å²) < 4.78 is 18.3. The number of quaternary nitrogens is 1. The van der Waals surface area contributed by atoms with Gasteiger partial charge in [0.15, 0.2) is 0 Å². The van der Waals surface area contributed by atoms with Gasteiger partial charge < -0.3 is 9.38 Å². The third-order valence-electron chi connectivity index (χ3n) is 5.77. The molecule has 0 heterocycles. The second kappa shape index (κ2) is 19.9. The first-order chi connectivity index (χ1) is 15.5. The molecule has 0 aliphatic rings. The lowest BCUT2D eigenvalue weighted by atomic mass is 10.0. The second-order valence-corrected chi connectivity index (χ2v) is 16.4. The van der Waals surface area contributed by atoms with Crippen LogP contribution in [0.15, 0.2) is 0 Å². The van der Waals surface area contributed by atoms with E-state index in [4.69, 9.17) is 4.52 Å². The Morgan fingerprint density at radius 3 is 1.70 bits per heavy atom. The summed E-state index contributed by atoms with van der Waals surface area (Å²) in [4.78, 5) is 10.1. The number of unbranched alkanes of at least 4 members (excludes halogenated alkanes) is 13. The molecule has 0 fully saturated rings. The van der Waals surface area contributed by atoms with E-state index in [9.17, 15) is 9.46 Å². The number of nitrogens with zero attached hydrogens (tertiary/aromatic N) is 1. The first kappa shape index (κ1) is 33.8. The van der Waals surface area contributed by atoms with Gasteiger partial charge in [-0.05, 0) is 34.7 Å². The molecule has 0 aromatic rings. The molecule has 0 amide bonds. The van der Waals surface area contributed by atoms with E-state index in [0.717, 1.165) is 28.2 Å². The molecule has 7 heteroatoms. The van der Waals surface area contributed by atoms with Crippen LogP contribution >= 0.6 is 29.9 Å². The smallest absolute Gasteiger partial charge is 0.329 e. The van der Waals surface area contributed by atoms with Crippen LogP contribution in [-0.4, -0.2) is 60.9 Å². The quantitative estimate of drug-likeness (QED) is 0.0773. The van der Waals surface area contributed by atoms with E-state index in [1.165, 1.54) is 95.6 Å². The van der Waals surface area contributed by atoms with Gasteiger partial charge in [0, 0.05) is 5.75 Å². The summed E-state index contributed by atoms with van der Waals surface area (Å²) in [7, 11) is 6.16. The minimum absolute atomic E-state index is 0.0349. The van der Waals surface area contributed by atoms with Crippen molar-refractivity contribution in [3.05, 3.63) is 0 Å². The van der Waals surface area contributed by atoms with E-state index in [0.29, 0.717) is 12.4 Å². The third-order valence-corrected chi connectivity index (χ3v) is 10.8. The van der Waals surface area contributed by atoms with Gasteiger partial charge in [0.05, 0.1) is 21.1 Å². The van der Waals surface area contributed by atoms with Crippen molar-refractivity contribution in [2.75, 3.05) is 51.6 Å². The molecule has 33 heavy (non-hydrogen) atoms. The molecule has 0 spiro atoms. The fraction of sp³-hybridized carbons (Fsp3) is 1.00. The molecule has 0 rings (SSSR count). The molecule has 1 N–H and O–H groups in total. The molecule has 0 aromatic carbocycles. The van der Waals surface area contributed by atoms with Gasteiger partial charge in [-0.2, -0.15) is 11.8 Å². The predicted octanol–water partition coefficient (Wildman–Crippen LogP) is 8.78. The highest BCUT2D eigenvalue weighted by Crippen LogP contribution is 2.57. The number of rotatable bonds is 24. The van der Waals surface area contributed by atoms with E-state index >= 15 is 0 Å². The summed E-state index contributed by atoms with van der Waals surface area (Å²) in [5, 5.41) is 0. The summed E-state index contributed by atoms with van der Waals surface area (Å²) in [6.07, 6.45) is 19.6. The highest BCUT2D eigenvalue weighted by Gasteiger charge is 2.27. The minimum Gasteiger partial charge on any atom is -0.329 e. The van der Waals surface area contributed by atoms with E-state index in [2.05, 4.69) is 41.9 Å². The monoisotopic (exact) mass is 526 g/mol. The van der Waals surface area contributed by atoms with Crippen molar-refractivity contribution >= 4 is 29.9 Å². The van der Waals surface area contributed by atoms with Crippen molar-refractivity contribution in [1.29, 1.82) is 0 Å². The Labute approximate surface area is 215 Å². The molecule has 0 saturated heterocycles. The van der Waals surface area contributed by atoms with Crippen LogP contribution in [0, 0.1) is 5.41 Å².